The van der Waals surface area contributed by atoms with Gasteiger partial charge in [0.25, 0.3) is 0 Å². The van der Waals surface area contributed by atoms with Crippen molar-refractivity contribution in [3.05, 3.63) is 95.8 Å². The third kappa shape index (κ3) is 4.84. The van der Waals surface area contributed by atoms with Gasteiger partial charge in [-0.3, -0.25) is 14.7 Å². The highest BCUT2D eigenvalue weighted by Crippen LogP contribution is 2.44. The van der Waals surface area contributed by atoms with Crippen LogP contribution in [0.5, 0.6) is 0 Å². The number of carbonyl (C=O) groups excluding carboxylic acids is 1. The number of hydrogen-bond donors (Lipinski definition) is 2. The summed E-state index contributed by atoms with van der Waals surface area (Å²) in [6, 6.07) is 23.9. The van der Waals surface area contributed by atoms with Crippen LogP contribution in [0.3, 0.4) is 0 Å². The van der Waals surface area contributed by atoms with Crippen LogP contribution in [-0.4, -0.2) is 34.0 Å². The molecule has 4 rings (SSSR count). The number of carbonyl (C=O) groups is 1. The Bertz CT molecular complexity index is 982. The highest BCUT2D eigenvalue weighted by molar-refractivity contribution is 5.88. The predicted molar refractivity (Wildman–Crippen MR) is 123 cm³/mol. The van der Waals surface area contributed by atoms with Gasteiger partial charge < -0.3 is 10.4 Å². The molecule has 0 bridgehead atoms. The standard InChI is InChI=1S/C26H29N3O2/c1-20(30)28-23-12-10-21(11-13-23)19-29-17-14-26(15-18-29,24-9-5-6-16-27-24)25(31)22-7-3-2-4-8-22/h2-13,16,25,31H,14-15,17-19H2,1H3,(H,28,30). The summed E-state index contributed by atoms with van der Waals surface area (Å²) in [6.45, 7) is 4.13. The van der Waals surface area contributed by atoms with Gasteiger partial charge in [-0.15, -0.1) is 0 Å². The maximum Gasteiger partial charge on any atom is 0.221 e. The number of piperidine rings is 1. The van der Waals surface area contributed by atoms with Gasteiger partial charge in [0, 0.05) is 36.5 Å². The molecule has 2 heterocycles. The van der Waals surface area contributed by atoms with E-state index in [1.165, 1.54) is 12.5 Å². The van der Waals surface area contributed by atoms with Crippen molar-refractivity contribution in [3.63, 3.8) is 0 Å². The van der Waals surface area contributed by atoms with Gasteiger partial charge in [-0.25, -0.2) is 0 Å². The van der Waals surface area contributed by atoms with Crippen LogP contribution in [-0.2, 0) is 16.8 Å². The molecule has 5 heteroatoms. The number of hydrogen-bond acceptors (Lipinski definition) is 4. The van der Waals surface area contributed by atoms with Crippen molar-refractivity contribution in [2.45, 2.75) is 37.8 Å². The molecule has 3 aromatic rings. The second kappa shape index (κ2) is 9.41. The lowest BCUT2D eigenvalue weighted by Crippen LogP contribution is -2.46. The summed E-state index contributed by atoms with van der Waals surface area (Å²) < 4.78 is 0. The zero-order valence-corrected chi connectivity index (χ0v) is 17.9. The minimum atomic E-state index is -0.595. The highest BCUT2D eigenvalue weighted by atomic mass is 16.3. The van der Waals surface area contributed by atoms with Crippen molar-refractivity contribution < 1.29 is 9.90 Å². The van der Waals surface area contributed by atoms with Crippen molar-refractivity contribution >= 4 is 11.6 Å². The molecule has 0 radical (unpaired) electrons. The first kappa shape index (κ1) is 21.2. The lowest BCUT2D eigenvalue weighted by atomic mass is 9.69. The molecular formula is C26H29N3O2. The van der Waals surface area contributed by atoms with Crippen molar-refractivity contribution in [2.24, 2.45) is 0 Å². The van der Waals surface area contributed by atoms with Gasteiger partial charge in [-0.05, 0) is 61.3 Å². The van der Waals surface area contributed by atoms with E-state index in [1.54, 1.807) is 0 Å². The Morgan fingerprint density at radius 2 is 1.71 bits per heavy atom. The fraction of sp³-hybridized carbons (Fsp3) is 0.308. The Kier molecular flexibility index (Phi) is 6.44. The fourth-order valence-electron chi connectivity index (χ4n) is 4.55. The molecule has 5 nitrogen and oxygen atoms in total. The Morgan fingerprint density at radius 1 is 1.03 bits per heavy atom. The summed E-state index contributed by atoms with van der Waals surface area (Å²) in [5.41, 5.74) is 3.54. The summed E-state index contributed by atoms with van der Waals surface area (Å²) in [5.74, 6) is -0.0633. The van der Waals surface area contributed by atoms with E-state index in [1.807, 2.05) is 66.9 Å². The van der Waals surface area contributed by atoms with Crippen LogP contribution in [0, 0.1) is 0 Å². The first-order chi connectivity index (χ1) is 15.1. The van der Waals surface area contributed by atoms with E-state index in [2.05, 4.69) is 27.3 Å². The van der Waals surface area contributed by atoms with Crippen LogP contribution in [0.1, 0.15) is 42.7 Å². The largest absolute Gasteiger partial charge is 0.387 e. The number of anilines is 1. The van der Waals surface area contributed by atoms with Gasteiger partial charge in [0.2, 0.25) is 5.91 Å². The van der Waals surface area contributed by atoms with Gasteiger partial charge in [-0.1, -0.05) is 48.5 Å². The van der Waals surface area contributed by atoms with E-state index in [0.717, 1.165) is 49.4 Å². The van der Waals surface area contributed by atoms with Crippen LogP contribution in [0.15, 0.2) is 79.0 Å². The highest BCUT2D eigenvalue weighted by Gasteiger charge is 2.44. The maximum atomic E-state index is 11.4. The maximum absolute atomic E-state index is 11.4. The Balaban J connectivity index is 1.49. The molecule has 2 aromatic carbocycles. The molecule has 1 unspecified atom stereocenters. The number of nitrogens with zero attached hydrogens (tertiary/aromatic N) is 2. The van der Waals surface area contributed by atoms with Gasteiger partial charge >= 0.3 is 0 Å². The summed E-state index contributed by atoms with van der Waals surface area (Å²) in [4.78, 5) is 18.3. The molecule has 0 spiro atoms. The normalized spacial score (nSPS) is 17.1. The lowest BCUT2D eigenvalue weighted by Gasteiger charge is -2.44. The average molecular weight is 416 g/mol. The topological polar surface area (TPSA) is 65.5 Å². The Labute approximate surface area is 183 Å². The molecule has 1 fully saturated rings. The zero-order valence-electron chi connectivity index (χ0n) is 17.9. The second-order valence-electron chi connectivity index (χ2n) is 8.34. The zero-order chi connectivity index (χ0) is 21.7. The molecular weight excluding hydrogens is 386 g/mol. The average Bonchev–Trinajstić information content (AvgIpc) is 2.81. The first-order valence-electron chi connectivity index (χ1n) is 10.8. The number of likely N-dealkylation sites (tertiary alicyclic amines) is 1. The molecule has 1 aromatic heterocycles. The number of aromatic nitrogens is 1. The molecule has 1 aliphatic rings. The minimum Gasteiger partial charge on any atom is -0.387 e. The molecule has 0 aliphatic carbocycles. The van der Waals surface area contributed by atoms with E-state index < -0.39 is 11.5 Å². The number of aliphatic hydroxyl groups is 1. The third-order valence-electron chi connectivity index (χ3n) is 6.24. The molecule has 1 aliphatic heterocycles. The van der Waals surface area contributed by atoms with E-state index >= 15 is 0 Å². The molecule has 31 heavy (non-hydrogen) atoms. The molecule has 1 amide bonds. The molecule has 1 saturated heterocycles. The molecule has 2 N–H and O–H groups in total. The molecule has 1 atom stereocenters. The van der Waals surface area contributed by atoms with Gasteiger partial charge in [0.1, 0.15) is 0 Å². The second-order valence-corrected chi connectivity index (χ2v) is 8.34. The SMILES string of the molecule is CC(=O)Nc1ccc(CN2CCC(c3ccccn3)(C(O)c3ccccc3)CC2)cc1. The Morgan fingerprint density at radius 3 is 2.32 bits per heavy atom. The summed E-state index contributed by atoms with van der Waals surface area (Å²) in [7, 11) is 0. The predicted octanol–water partition coefficient (Wildman–Crippen LogP) is 4.31. The molecule has 0 saturated carbocycles. The number of aliphatic hydroxyl groups excluding tert-OH is 1. The van der Waals surface area contributed by atoms with Crippen LogP contribution in [0.4, 0.5) is 5.69 Å². The van der Waals surface area contributed by atoms with Crippen molar-refractivity contribution in [1.29, 1.82) is 0 Å². The number of nitrogens with one attached hydrogen (secondary N) is 1. The number of amides is 1. The van der Waals surface area contributed by atoms with Crippen LogP contribution in [0.25, 0.3) is 0 Å². The quantitative estimate of drug-likeness (QED) is 0.630. The summed E-state index contributed by atoms with van der Waals surface area (Å²) >= 11 is 0. The number of rotatable bonds is 6. The van der Waals surface area contributed by atoms with Crippen molar-refractivity contribution in [3.8, 4) is 0 Å². The van der Waals surface area contributed by atoms with E-state index in [0.29, 0.717) is 0 Å². The van der Waals surface area contributed by atoms with Gasteiger partial charge in [-0.2, -0.15) is 0 Å². The van der Waals surface area contributed by atoms with Gasteiger partial charge in [0.05, 0.1) is 6.10 Å². The first-order valence-corrected chi connectivity index (χ1v) is 10.8. The smallest absolute Gasteiger partial charge is 0.221 e. The van der Waals surface area contributed by atoms with Crippen LogP contribution < -0.4 is 5.32 Å². The Hall–Kier alpha value is -3.02. The van der Waals surface area contributed by atoms with Crippen LogP contribution in [0.2, 0.25) is 0 Å². The van der Waals surface area contributed by atoms with E-state index in [9.17, 15) is 9.90 Å². The summed E-state index contributed by atoms with van der Waals surface area (Å²) in [5, 5.41) is 14.2. The van der Waals surface area contributed by atoms with Gasteiger partial charge in [0.15, 0.2) is 0 Å². The van der Waals surface area contributed by atoms with Crippen molar-refractivity contribution in [1.82, 2.24) is 9.88 Å². The fourth-order valence-corrected chi connectivity index (χ4v) is 4.55. The monoisotopic (exact) mass is 415 g/mol. The number of pyridine rings is 1. The van der Waals surface area contributed by atoms with E-state index in [-0.39, 0.29) is 5.91 Å². The third-order valence-corrected chi connectivity index (χ3v) is 6.24. The molecule has 160 valence electrons. The van der Waals surface area contributed by atoms with Crippen molar-refractivity contribution in [2.75, 3.05) is 18.4 Å². The van der Waals surface area contributed by atoms with E-state index in [4.69, 9.17) is 0 Å². The van der Waals surface area contributed by atoms with Crippen LogP contribution >= 0.6 is 0 Å². The number of benzene rings is 2. The minimum absolute atomic E-state index is 0.0633. The lowest BCUT2D eigenvalue weighted by molar-refractivity contribution is -0.114. The summed E-state index contributed by atoms with van der Waals surface area (Å²) in [6.07, 6.45) is 2.90.